The summed E-state index contributed by atoms with van der Waals surface area (Å²) in [7, 11) is 0. The lowest BCUT2D eigenvalue weighted by Gasteiger charge is -1.98. The fourth-order valence-electron chi connectivity index (χ4n) is 0.498. The number of halogens is 4. The van der Waals surface area contributed by atoms with E-state index in [0.29, 0.717) is 0 Å². The van der Waals surface area contributed by atoms with Gasteiger partial charge in [0.15, 0.2) is 0 Å². The van der Waals surface area contributed by atoms with E-state index in [-0.39, 0.29) is 0 Å². The van der Waals surface area contributed by atoms with Crippen LogP contribution in [0.15, 0.2) is 21.1 Å². The zero-order chi connectivity index (χ0) is 7.72. The minimum absolute atomic E-state index is 0.729. The lowest BCUT2D eigenvalue weighted by Crippen LogP contribution is -1.75. The van der Waals surface area contributed by atoms with Crippen LogP contribution in [0.5, 0.6) is 0 Å². The second-order valence-electron chi connectivity index (χ2n) is 1.68. The van der Waals surface area contributed by atoms with Gasteiger partial charge in [-0.05, 0) is 66.6 Å². The van der Waals surface area contributed by atoms with E-state index in [1.165, 1.54) is 0 Å². The maximum atomic E-state index is 5.81. The zero-order valence-electron chi connectivity index (χ0n) is 4.67. The maximum absolute atomic E-state index is 5.81. The summed E-state index contributed by atoms with van der Waals surface area (Å²) in [5, 5.41) is 0.729. The second-order valence-corrected chi connectivity index (χ2v) is 4.96. The highest BCUT2D eigenvalue weighted by Gasteiger charge is 2.00. The molecule has 0 bridgehead atoms. The molecular weight excluding hydrogens is 394 g/mol. The van der Waals surface area contributed by atoms with E-state index in [1.54, 1.807) is 0 Å². The van der Waals surface area contributed by atoms with Gasteiger partial charge in [0.2, 0.25) is 0 Å². The lowest BCUT2D eigenvalue weighted by atomic mass is 10.4. The van der Waals surface area contributed by atoms with Crippen molar-refractivity contribution in [3.05, 3.63) is 29.7 Å². The van der Waals surface area contributed by atoms with Gasteiger partial charge in [0, 0.05) is 12.5 Å². The molecule has 0 saturated carbocycles. The van der Waals surface area contributed by atoms with E-state index in [4.69, 9.17) is 11.6 Å². The van der Waals surface area contributed by atoms with Crippen LogP contribution < -0.4 is 0 Å². The average Bonchev–Trinajstić information content (AvgIpc) is 1.84. The predicted molar refractivity (Wildman–Crippen MR) is 59.6 cm³/mol. The van der Waals surface area contributed by atoms with Gasteiger partial charge in [0.05, 0.1) is 5.02 Å². The van der Waals surface area contributed by atoms with Gasteiger partial charge in [-0.15, -0.1) is 0 Å². The first-order valence-corrected chi connectivity index (χ1v) is 5.45. The Hall–Kier alpha value is 1.20. The first-order chi connectivity index (χ1) is 4.61. The number of hydrogen-bond acceptors (Lipinski definition) is 0. The van der Waals surface area contributed by atoms with Gasteiger partial charge < -0.3 is 0 Å². The summed E-state index contributed by atoms with van der Waals surface area (Å²) in [4.78, 5) is 0. The average molecular weight is 396 g/mol. The highest BCUT2D eigenvalue weighted by Crippen LogP contribution is 2.29. The van der Waals surface area contributed by atoms with E-state index in [1.807, 2.05) is 12.1 Å². The highest BCUT2D eigenvalue weighted by atomic mass is 127. The van der Waals surface area contributed by atoms with Crippen LogP contribution in [-0.2, 0) is 0 Å². The summed E-state index contributed by atoms with van der Waals surface area (Å²) < 4.78 is 3.11. The van der Waals surface area contributed by atoms with Crippen LogP contribution >= 0.6 is 66.1 Å². The summed E-state index contributed by atoms with van der Waals surface area (Å²) >= 11 is 14.7. The largest absolute Gasteiger partial charge is 0.0831 e. The summed E-state index contributed by atoms with van der Waals surface area (Å²) in [6.45, 7) is 0. The molecule has 1 aromatic rings. The molecule has 0 aliphatic carbocycles. The third kappa shape index (κ3) is 2.09. The van der Waals surface area contributed by atoms with Crippen LogP contribution in [0.4, 0.5) is 0 Å². The molecule has 1 aromatic carbocycles. The van der Waals surface area contributed by atoms with Gasteiger partial charge >= 0.3 is 0 Å². The third-order valence-electron chi connectivity index (χ3n) is 0.963. The zero-order valence-corrected chi connectivity index (χ0v) is 10.8. The molecule has 4 heteroatoms. The maximum Gasteiger partial charge on any atom is 0.0560 e. The normalized spacial score (nSPS) is 10.0. The first-order valence-electron chi connectivity index (χ1n) is 2.41. The monoisotopic (exact) mass is 394 g/mol. The first kappa shape index (κ1) is 9.29. The van der Waals surface area contributed by atoms with Crippen LogP contribution in [0.25, 0.3) is 0 Å². The molecule has 0 unspecified atom stereocenters. The topological polar surface area (TPSA) is 0 Å². The van der Waals surface area contributed by atoms with Crippen molar-refractivity contribution in [2.75, 3.05) is 0 Å². The van der Waals surface area contributed by atoms with Gasteiger partial charge in [-0.1, -0.05) is 11.6 Å². The molecule has 0 atom stereocenters. The summed E-state index contributed by atoms with van der Waals surface area (Å²) in [5.41, 5.74) is 0. The molecule has 0 aliphatic heterocycles. The Bertz CT molecular complexity index is 212. The van der Waals surface area contributed by atoms with Crippen LogP contribution in [0.1, 0.15) is 0 Å². The fourth-order valence-corrected chi connectivity index (χ4v) is 2.38. The Labute approximate surface area is 94.7 Å². The third-order valence-corrected chi connectivity index (χ3v) is 4.45. The van der Waals surface area contributed by atoms with Crippen molar-refractivity contribution in [3.8, 4) is 0 Å². The molecule has 0 saturated heterocycles. The molecule has 0 N–H and O–H groups in total. The predicted octanol–water partition coefficient (Wildman–Crippen LogP) is 4.47. The van der Waals surface area contributed by atoms with Gasteiger partial charge in [-0.2, -0.15) is 0 Å². The molecule has 0 fully saturated rings. The molecule has 0 amide bonds. The van der Waals surface area contributed by atoms with E-state index < -0.39 is 0 Å². The molecule has 0 heterocycles. The minimum atomic E-state index is 0.729. The molecule has 10 heavy (non-hydrogen) atoms. The molecule has 0 nitrogen and oxygen atoms in total. The number of hydrogen-bond donors (Lipinski definition) is 0. The van der Waals surface area contributed by atoms with Crippen molar-refractivity contribution in [2.45, 2.75) is 0 Å². The van der Waals surface area contributed by atoms with E-state index in [0.717, 1.165) is 17.5 Å². The molecule has 0 radical (unpaired) electrons. The minimum Gasteiger partial charge on any atom is -0.0831 e. The Morgan fingerprint density at radius 1 is 1.20 bits per heavy atom. The Balaban J connectivity index is 3.28. The molecule has 54 valence electrons. The van der Waals surface area contributed by atoms with Crippen molar-refractivity contribution >= 4 is 66.1 Å². The molecule has 0 spiro atoms. The standard InChI is InChI=1S/C6H2Br2ClI/c7-3-2-6(10)4(8)1-5(3)9/h1-2H. The van der Waals surface area contributed by atoms with E-state index in [9.17, 15) is 0 Å². The Morgan fingerprint density at radius 2 is 1.80 bits per heavy atom. The van der Waals surface area contributed by atoms with Crippen molar-refractivity contribution in [3.63, 3.8) is 0 Å². The van der Waals surface area contributed by atoms with E-state index in [2.05, 4.69) is 54.5 Å². The smallest absolute Gasteiger partial charge is 0.0560 e. The van der Waals surface area contributed by atoms with Gasteiger partial charge in [-0.3, -0.25) is 0 Å². The van der Waals surface area contributed by atoms with Crippen molar-refractivity contribution in [1.82, 2.24) is 0 Å². The van der Waals surface area contributed by atoms with Crippen molar-refractivity contribution in [2.24, 2.45) is 0 Å². The Morgan fingerprint density at radius 3 is 2.30 bits per heavy atom. The van der Waals surface area contributed by atoms with Crippen LogP contribution in [0.2, 0.25) is 5.02 Å². The summed E-state index contributed by atoms with van der Waals surface area (Å²) in [6, 6.07) is 3.83. The molecule has 0 aliphatic rings. The van der Waals surface area contributed by atoms with Crippen molar-refractivity contribution in [1.29, 1.82) is 0 Å². The second kappa shape index (κ2) is 3.74. The highest BCUT2D eigenvalue weighted by molar-refractivity contribution is 14.1. The van der Waals surface area contributed by atoms with Gasteiger partial charge in [0.25, 0.3) is 0 Å². The summed E-state index contributed by atoms with van der Waals surface area (Å²) in [6.07, 6.45) is 0. The van der Waals surface area contributed by atoms with Crippen LogP contribution in [-0.4, -0.2) is 0 Å². The number of rotatable bonds is 0. The summed E-state index contributed by atoms with van der Waals surface area (Å²) in [5.74, 6) is 0. The number of benzene rings is 1. The lowest BCUT2D eigenvalue weighted by molar-refractivity contribution is 1.55. The van der Waals surface area contributed by atoms with Crippen LogP contribution in [0, 0.1) is 3.57 Å². The van der Waals surface area contributed by atoms with Gasteiger partial charge in [-0.25, -0.2) is 0 Å². The molecular formula is C6H2Br2ClI. The van der Waals surface area contributed by atoms with Crippen LogP contribution in [0.3, 0.4) is 0 Å². The SMILES string of the molecule is Clc1cc(Br)c(I)cc1Br. The van der Waals surface area contributed by atoms with Gasteiger partial charge in [0.1, 0.15) is 0 Å². The van der Waals surface area contributed by atoms with E-state index >= 15 is 0 Å². The Kier molecular flexibility index (Phi) is 3.47. The molecule has 1 rings (SSSR count). The quantitative estimate of drug-likeness (QED) is 0.449. The van der Waals surface area contributed by atoms with Crippen molar-refractivity contribution < 1.29 is 0 Å². The molecule has 0 aromatic heterocycles. The fraction of sp³-hybridized carbons (Fsp3) is 0.